The van der Waals surface area contributed by atoms with Gasteiger partial charge >= 0.3 is 0 Å². The molecule has 4 heteroatoms. The molecule has 1 aromatic heterocycles. The number of aromatic nitrogens is 1. The summed E-state index contributed by atoms with van der Waals surface area (Å²) in [5, 5.41) is 4.08. The van der Waals surface area contributed by atoms with E-state index in [1.165, 1.54) is 5.56 Å². The third kappa shape index (κ3) is 3.89. The first-order valence-corrected chi connectivity index (χ1v) is 6.99. The van der Waals surface area contributed by atoms with Crippen LogP contribution in [0.2, 0.25) is 0 Å². The molecule has 0 unspecified atom stereocenters. The van der Waals surface area contributed by atoms with Gasteiger partial charge in [0.05, 0.1) is 5.69 Å². The second-order valence-corrected chi connectivity index (χ2v) is 5.20. The van der Waals surface area contributed by atoms with Crippen LogP contribution in [0.5, 0.6) is 0 Å². The van der Waals surface area contributed by atoms with Gasteiger partial charge in [-0.2, -0.15) is 0 Å². The summed E-state index contributed by atoms with van der Waals surface area (Å²) in [4.78, 5) is 5.42. The van der Waals surface area contributed by atoms with Crippen LogP contribution in [0.4, 0.5) is 0 Å². The van der Waals surface area contributed by atoms with Crippen LogP contribution in [-0.4, -0.2) is 11.5 Å². The lowest BCUT2D eigenvalue weighted by atomic mass is 10.2. The van der Waals surface area contributed by atoms with Gasteiger partial charge in [-0.3, -0.25) is 0 Å². The molecule has 0 spiro atoms. The lowest BCUT2D eigenvalue weighted by Gasteiger charge is -2.04. The van der Waals surface area contributed by atoms with Gasteiger partial charge in [-0.25, -0.2) is 4.98 Å². The monoisotopic (exact) mass is 262 g/mol. The summed E-state index contributed by atoms with van der Waals surface area (Å²) in [6.45, 7) is 6.09. The third-order valence-corrected chi connectivity index (χ3v) is 3.35. The Kier molecular flexibility index (Phi) is 4.84. The predicted octanol–water partition coefficient (Wildman–Crippen LogP) is 3.63. The maximum absolute atomic E-state index is 5.32. The second-order valence-electron chi connectivity index (χ2n) is 4.18. The molecule has 0 aliphatic rings. The molecular weight excluding hydrogens is 244 g/mol. The molecule has 0 aliphatic heterocycles. The van der Waals surface area contributed by atoms with E-state index in [0.717, 1.165) is 30.1 Å². The zero-order valence-corrected chi connectivity index (χ0v) is 11.6. The molecule has 1 N–H and O–H groups in total. The van der Waals surface area contributed by atoms with Crippen molar-refractivity contribution in [2.24, 2.45) is 0 Å². The van der Waals surface area contributed by atoms with Crippen LogP contribution in [0.25, 0.3) is 0 Å². The van der Waals surface area contributed by atoms with Gasteiger partial charge in [0.2, 0.25) is 0 Å². The molecule has 0 saturated heterocycles. The molecule has 0 aliphatic carbocycles. The number of benzene rings is 1. The average Bonchev–Trinajstić information content (AvgIpc) is 2.77. The molecule has 0 bridgehead atoms. The normalized spacial score (nSPS) is 10.8. The summed E-state index contributed by atoms with van der Waals surface area (Å²) in [5.74, 6) is 0. The van der Waals surface area contributed by atoms with Crippen molar-refractivity contribution in [2.45, 2.75) is 36.9 Å². The lowest BCUT2D eigenvalue weighted by molar-refractivity contribution is 0.454. The summed E-state index contributed by atoms with van der Waals surface area (Å²) in [6, 6.07) is 8.49. The first-order valence-electron chi connectivity index (χ1n) is 6.17. The minimum atomic E-state index is 0.698. The molecule has 1 heterocycles. The van der Waals surface area contributed by atoms with Crippen LogP contribution < -0.4 is 5.32 Å². The van der Waals surface area contributed by atoms with Crippen LogP contribution >= 0.6 is 11.8 Å². The molecule has 0 amide bonds. The quantitative estimate of drug-likeness (QED) is 0.807. The summed E-state index contributed by atoms with van der Waals surface area (Å²) < 4.78 is 5.32. The van der Waals surface area contributed by atoms with Gasteiger partial charge in [0.15, 0.2) is 0 Å². The standard InChI is InChI=1S/C14H18N2OS/c1-3-8-15-9-12-4-6-13(7-5-12)18-14-16-11(2)10-17-14/h4-7,10,15H,3,8-9H2,1-2H3. The highest BCUT2D eigenvalue weighted by Crippen LogP contribution is 2.26. The fourth-order valence-electron chi connectivity index (χ4n) is 1.56. The van der Waals surface area contributed by atoms with Gasteiger partial charge in [-0.1, -0.05) is 19.1 Å². The lowest BCUT2D eigenvalue weighted by Crippen LogP contribution is -2.13. The molecule has 0 saturated carbocycles. The van der Waals surface area contributed by atoms with E-state index in [4.69, 9.17) is 4.42 Å². The Morgan fingerprint density at radius 2 is 2.06 bits per heavy atom. The Balaban J connectivity index is 1.91. The van der Waals surface area contributed by atoms with Gasteiger partial charge in [-0.05, 0) is 49.3 Å². The smallest absolute Gasteiger partial charge is 0.260 e. The molecule has 0 atom stereocenters. The van der Waals surface area contributed by atoms with E-state index in [-0.39, 0.29) is 0 Å². The van der Waals surface area contributed by atoms with E-state index in [1.807, 2.05) is 6.92 Å². The van der Waals surface area contributed by atoms with Crippen molar-refractivity contribution in [3.05, 3.63) is 41.8 Å². The van der Waals surface area contributed by atoms with E-state index in [2.05, 4.69) is 41.5 Å². The Bertz CT molecular complexity index is 479. The number of hydrogen-bond donors (Lipinski definition) is 1. The molecule has 3 nitrogen and oxygen atoms in total. The van der Waals surface area contributed by atoms with Crippen LogP contribution in [0.1, 0.15) is 24.6 Å². The Hall–Kier alpha value is -1.26. The maximum Gasteiger partial charge on any atom is 0.260 e. The predicted molar refractivity (Wildman–Crippen MR) is 73.8 cm³/mol. The van der Waals surface area contributed by atoms with Crippen molar-refractivity contribution in [1.29, 1.82) is 0 Å². The highest BCUT2D eigenvalue weighted by Gasteiger charge is 2.03. The van der Waals surface area contributed by atoms with E-state index in [0.29, 0.717) is 5.22 Å². The van der Waals surface area contributed by atoms with E-state index in [1.54, 1.807) is 18.0 Å². The molecule has 96 valence electrons. The van der Waals surface area contributed by atoms with Crippen LogP contribution in [-0.2, 0) is 6.54 Å². The van der Waals surface area contributed by atoms with Crippen molar-refractivity contribution in [2.75, 3.05) is 6.54 Å². The van der Waals surface area contributed by atoms with E-state index < -0.39 is 0 Å². The Morgan fingerprint density at radius 1 is 1.28 bits per heavy atom. The van der Waals surface area contributed by atoms with Crippen molar-refractivity contribution >= 4 is 11.8 Å². The summed E-state index contributed by atoms with van der Waals surface area (Å²) in [6.07, 6.45) is 2.84. The number of nitrogens with one attached hydrogen (secondary N) is 1. The van der Waals surface area contributed by atoms with Crippen LogP contribution in [0, 0.1) is 6.92 Å². The first-order chi connectivity index (χ1) is 8.78. The molecule has 1 aromatic carbocycles. The van der Waals surface area contributed by atoms with Crippen molar-refractivity contribution in [3.63, 3.8) is 0 Å². The number of oxazole rings is 1. The first kappa shape index (κ1) is 13.2. The zero-order chi connectivity index (χ0) is 12.8. The Labute approximate surface area is 112 Å². The highest BCUT2D eigenvalue weighted by molar-refractivity contribution is 7.99. The maximum atomic E-state index is 5.32. The molecule has 18 heavy (non-hydrogen) atoms. The fraction of sp³-hybridized carbons (Fsp3) is 0.357. The van der Waals surface area contributed by atoms with Gasteiger partial charge in [-0.15, -0.1) is 0 Å². The van der Waals surface area contributed by atoms with Crippen LogP contribution in [0.3, 0.4) is 0 Å². The molecular formula is C14H18N2OS. The minimum Gasteiger partial charge on any atom is -0.439 e. The molecule has 2 rings (SSSR count). The summed E-state index contributed by atoms with van der Waals surface area (Å²) >= 11 is 1.55. The fourth-order valence-corrected chi connectivity index (χ4v) is 2.32. The highest BCUT2D eigenvalue weighted by atomic mass is 32.2. The molecule has 2 aromatic rings. The van der Waals surface area contributed by atoms with Crippen molar-refractivity contribution in [1.82, 2.24) is 10.3 Å². The largest absolute Gasteiger partial charge is 0.439 e. The van der Waals surface area contributed by atoms with Gasteiger partial charge < -0.3 is 9.73 Å². The molecule has 0 radical (unpaired) electrons. The zero-order valence-electron chi connectivity index (χ0n) is 10.8. The minimum absolute atomic E-state index is 0.698. The van der Waals surface area contributed by atoms with Gasteiger partial charge in [0, 0.05) is 11.4 Å². The van der Waals surface area contributed by atoms with Crippen LogP contribution in [0.15, 0.2) is 45.1 Å². The summed E-state index contributed by atoms with van der Waals surface area (Å²) in [7, 11) is 0. The average molecular weight is 262 g/mol. The van der Waals surface area contributed by atoms with Crippen molar-refractivity contribution < 1.29 is 4.42 Å². The number of hydrogen-bond acceptors (Lipinski definition) is 4. The summed E-state index contributed by atoms with van der Waals surface area (Å²) in [5.41, 5.74) is 2.22. The molecule has 0 fully saturated rings. The second kappa shape index (κ2) is 6.61. The topological polar surface area (TPSA) is 38.1 Å². The van der Waals surface area contributed by atoms with Gasteiger partial charge in [0.1, 0.15) is 6.26 Å². The van der Waals surface area contributed by atoms with E-state index >= 15 is 0 Å². The van der Waals surface area contributed by atoms with Gasteiger partial charge in [0.25, 0.3) is 5.22 Å². The third-order valence-electron chi connectivity index (χ3n) is 2.48. The van der Waals surface area contributed by atoms with E-state index in [9.17, 15) is 0 Å². The SMILES string of the molecule is CCCNCc1ccc(Sc2nc(C)co2)cc1. The number of aryl methyl sites for hydroxylation is 1. The Morgan fingerprint density at radius 3 is 2.67 bits per heavy atom. The number of rotatable bonds is 6. The number of nitrogens with zero attached hydrogens (tertiary/aromatic N) is 1. The van der Waals surface area contributed by atoms with Crippen molar-refractivity contribution in [3.8, 4) is 0 Å².